The summed E-state index contributed by atoms with van der Waals surface area (Å²) in [4.78, 5) is 18.2. The summed E-state index contributed by atoms with van der Waals surface area (Å²) in [7, 11) is 1.87. The molecule has 98 valence electrons. The van der Waals surface area contributed by atoms with E-state index in [9.17, 15) is 4.79 Å². The van der Waals surface area contributed by atoms with Gasteiger partial charge in [-0.2, -0.15) is 0 Å². The van der Waals surface area contributed by atoms with E-state index >= 15 is 0 Å². The Balaban J connectivity index is 1.97. The highest BCUT2D eigenvalue weighted by atomic mass is 16.2. The van der Waals surface area contributed by atoms with Gasteiger partial charge in [-0.1, -0.05) is 6.92 Å². The molecular weight excluding hydrogens is 226 g/mol. The van der Waals surface area contributed by atoms with Gasteiger partial charge in [-0.15, -0.1) is 0 Å². The van der Waals surface area contributed by atoms with E-state index in [-0.39, 0.29) is 5.91 Å². The molecule has 0 bridgehead atoms. The monoisotopic (exact) mass is 247 g/mol. The Morgan fingerprint density at radius 1 is 1.50 bits per heavy atom. The molecular formula is C14H21N3O. The maximum atomic E-state index is 12.1. The molecule has 0 aliphatic heterocycles. The van der Waals surface area contributed by atoms with Crippen molar-refractivity contribution in [3.05, 3.63) is 24.0 Å². The summed E-state index contributed by atoms with van der Waals surface area (Å²) in [5.74, 6) is 0.0294. The van der Waals surface area contributed by atoms with Gasteiger partial charge in [0, 0.05) is 19.6 Å². The molecule has 1 aliphatic carbocycles. The van der Waals surface area contributed by atoms with E-state index in [0.29, 0.717) is 11.7 Å². The zero-order valence-corrected chi connectivity index (χ0v) is 11.1. The summed E-state index contributed by atoms with van der Waals surface area (Å²) in [6.07, 6.45) is 6.29. The second-order valence-electron chi connectivity index (χ2n) is 4.86. The lowest BCUT2D eigenvalue weighted by atomic mass is 9.92. The highest BCUT2D eigenvalue weighted by molar-refractivity contribution is 5.92. The maximum absolute atomic E-state index is 12.1. The van der Waals surface area contributed by atoms with Crippen molar-refractivity contribution in [3.8, 4) is 0 Å². The van der Waals surface area contributed by atoms with Crippen LogP contribution in [-0.4, -0.2) is 35.4 Å². The summed E-state index contributed by atoms with van der Waals surface area (Å²) in [6, 6.07) is 4.14. The third-order valence-electron chi connectivity index (χ3n) is 3.50. The fourth-order valence-corrected chi connectivity index (χ4v) is 2.01. The number of hydrogen-bond acceptors (Lipinski definition) is 3. The predicted octanol–water partition coefficient (Wildman–Crippen LogP) is 2.53. The van der Waals surface area contributed by atoms with Crippen LogP contribution in [0.2, 0.25) is 0 Å². The molecule has 0 saturated heterocycles. The molecule has 4 heteroatoms. The van der Waals surface area contributed by atoms with Gasteiger partial charge in [-0.05, 0) is 37.8 Å². The van der Waals surface area contributed by atoms with Crippen LogP contribution in [0.15, 0.2) is 18.3 Å². The van der Waals surface area contributed by atoms with Gasteiger partial charge >= 0.3 is 0 Å². The highest BCUT2D eigenvalue weighted by Crippen LogP contribution is 2.24. The molecule has 1 aliphatic rings. The summed E-state index contributed by atoms with van der Waals surface area (Å²) in [5.41, 5.74) is 1.51. The van der Waals surface area contributed by atoms with Crippen LogP contribution in [0.3, 0.4) is 0 Å². The van der Waals surface area contributed by atoms with Crippen LogP contribution >= 0.6 is 0 Å². The first kappa shape index (κ1) is 12.9. The van der Waals surface area contributed by atoms with E-state index in [1.54, 1.807) is 12.3 Å². The summed E-state index contributed by atoms with van der Waals surface area (Å²) in [6.45, 7) is 3.04. The first-order valence-electron chi connectivity index (χ1n) is 6.69. The molecule has 0 unspecified atom stereocenters. The van der Waals surface area contributed by atoms with Gasteiger partial charge in [-0.25, -0.2) is 4.98 Å². The Kier molecular flexibility index (Phi) is 4.18. The number of nitrogens with one attached hydrogen (secondary N) is 1. The van der Waals surface area contributed by atoms with Gasteiger partial charge in [0.1, 0.15) is 5.69 Å². The Morgan fingerprint density at radius 3 is 2.78 bits per heavy atom. The largest absolute Gasteiger partial charge is 0.384 e. The fourth-order valence-electron chi connectivity index (χ4n) is 2.01. The lowest BCUT2D eigenvalue weighted by Crippen LogP contribution is -2.41. The fraction of sp³-hybridized carbons (Fsp3) is 0.571. The molecule has 1 aromatic heterocycles. The first-order chi connectivity index (χ1) is 8.72. The van der Waals surface area contributed by atoms with Gasteiger partial charge in [-0.3, -0.25) is 4.79 Å². The number of rotatable bonds is 5. The number of anilines is 1. The molecule has 1 N–H and O–H groups in total. The topological polar surface area (TPSA) is 45.2 Å². The number of aromatic nitrogens is 1. The number of amides is 1. The molecule has 0 spiro atoms. The van der Waals surface area contributed by atoms with Gasteiger partial charge in [0.25, 0.3) is 5.91 Å². The third-order valence-corrected chi connectivity index (χ3v) is 3.50. The van der Waals surface area contributed by atoms with E-state index in [0.717, 1.165) is 31.5 Å². The average Bonchev–Trinajstić information content (AvgIpc) is 2.34. The van der Waals surface area contributed by atoms with Crippen molar-refractivity contribution in [1.29, 1.82) is 0 Å². The maximum Gasteiger partial charge on any atom is 0.272 e. The molecule has 1 heterocycles. The number of carbonyl (C=O) groups excluding carboxylic acids is 1. The van der Waals surface area contributed by atoms with Gasteiger partial charge < -0.3 is 10.2 Å². The molecule has 1 saturated carbocycles. The molecule has 0 atom stereocenters. The minimum atomic E-state index is 0.0294. The van der Waals surface area contributed by atoms with Crippen molar-refractivity contribution in [2.24, 2.45) is 0 Å². The first-order valence-corrected chi connectivity index (χ1v) is 6.69. The third kappa shape index (κ3) is 2.81. The Morgan fingerprint density at radius 2 is 2.28 bits per heavy atom. The van der Waals surface area contributed by atoms with E-state index in [1.165, 1.54) is 6.42 Å². The Labute approximate surface area is 108 Å². The second kappa shape index (κ2) is 5.85. The molecule has 2 rings (SSSR count). The molecule has 0 radical (unpaired) electrons. The summed E-state index contributed by atoms with van der Waals surface area (Å²) >= 11 is 0. The molecule has 1 amide bonds. The highest BCUT2D eigenvalue weighted by Gasteiger charge is 2.26. The summed E-state index contributed by atoms with van der Waals surface area (Å²) < 4.78 is 0. The lowest BCUT2D eigenvalue weighted by Gasteiger charge is -2.34. The van der Waals surface area contributed by atoms with Gasteiger partial charge in [0.2, 0.25) is 0 Å². The summed E-state index contributed by atoms with van der Waals surface area (Å²) in [5, 5.41) is 3.25. The SMILES string of the molecule is CCCNc1ccc(C(=O)N(C)C2CCC2)nc1. The minimum Gasteiger partial charge on any atom is -0.384 e. The van der Waals surface area contributed by atoms with Crippen molar-refractivity contribution in [2.45, 2.75) is 38.6 Å². The number of pyridine rings is 1. The number of nitrogens with zero attached hydrogens (tertiary/aromatic N) is 2. The normalized spacial score (nSPS) is 15.0. The molecule has 4 nitrogen and oxygen atoms in total. The van der Waals surface area contributed by atoms with E-state index < -0.39 is 0 Å². The van der Waals surface area contributed by atoms with Crippen LogP contribution in [-0.2, 0) is 0 Å². The smallest absolute Gasteiger partial charge is 0.272 e. The minimum absolute atomic E-state index is 0.0294. The van der Waals surface area contributed by atoms with Crippen molar-refractivity contribution < 1.29 is 4.79 Å². The average molecular weight is 247 g/mol. The van der Waals surface area contributed by atoms with Crippen LogP contribution in [0.5, 0.6) is 0 Å². The van der Waals surface area contributed by atoms with Crippen LogP contribution in [0.25, 0.3) is 0 Å². The molecule has 0 aromatic carbocycles. The second-order valence-corrected chi connectivity index (χ2v) is 4.86. The molecule has 1 aromatic rings. The van der Waals surface area contributed by atoms with E-state index in [1.807, 2.05) is 18.0 Å². The van der Waals surface area contributed by atoms with Crippen LogP contribution in [0, 0.1) is 0 Å². The van der Waals surface area contributed by atoms with Crippen LogP contribution in [0.1, 0.15) is 43.1 Å². The lowest BCUT2D eigenvalue weighted by molar-refractivity contribution is 0.0646. The molecule has 1 fully saturated rings. The molecule has 18 heavy (non-hydrogen) atoms. The number of carbonyl (C=O) groups is 1. The van der Waals surface area contributed by atoms with Crippen molar-refractivity contribution in [1.82, 2.24) is 9.88 Å². The predicted molar refractivity (Wildman–Crippen MR) is 72.8 cm³/mol. The Hall–Kier alpha value is -1.58. The standard InChI is InChI=1S/C14H21N3O/c1-3-9-15-11-7-8-13(16-10-11)14(18)17(2)12-5-4-6-12/h7-8,10,12,15H,3-6,9H2,1-2H3. The van der Waals surface area contributed by atoms with E-state index in [4.69, 9.17) is 0 Å². The van der Waals surface area contributed by atoms with Gasteiger partial charge in [0.15, 0.2) is 0 Å². The van der Waals surface area contributed by atoms with Crippen molar-refractivity contribution in [2.75, 3.05) is 18.9 Å². The Bertz CT molecular complexity index is 398. The van der Waals surface area contributed by atoms with Crippen LogP contribution < -0.4 is 5.32 Å². The zero-order valence-electron chi connectivity index (χ0n) is 11.1. The quantitative estimate of drug-likeness (QED) is 0.869. The zero-order chi connectivity index (χ0) is 13.0. The van der Waals surface area contributed by atoms with Crippen LogP contribution in [0.4, 0.5) is 5.69 Å². The number of hydrogen-bond donors (Lipinski definition) is 1. The van der Waals surface area contributed by atoms with Crippen molar-refractivity contribution in [3.63, 3.8) is 0 Å². The van der Waals surface area contributed by atoms with E-state index in [2.05, 4.69) is 17.2 Å². The van der Waals surface area contributed by atoms with Gasteiger partial charge in [0.05, 0.1) is 11.9 Å². The van der Waals surface area contributed by atoms with Crippen molar-refractivity contribution >= 4 is 11.6 Å².